The van der Waals surface area contributed by atoms with Crippen LogP contribution in [0.25, 0.3) is 0 Å². The Hall–Kier alpha value is -2.54. The van der Waals surface area contributed by atoms with Gasteiger partial charge >= 0.3 is 6.36 Å². The Kier molecular flexibility index (Phi) is 6.03. The number of benzene rings is 2. The fraction of sp³-hybridized carbons (Fsp3) is 0.278. The number of nitrogens with zero attached hydrogens (tertiary/aromatic N) is 1. The van der Waals surface area contributed by atoms with Crippen LogP contribution < -0.4 is 10.1 Å². The fourth-order valence-corrected chi connectivity index (χ4v) is 2.31. The molecule has 0 spiro atoms. The van der Waals surface area contributed by atoms with Gasteiger partial charge in [0, 0.05) is 12.2 Å². The van der Waals surface area contributed by atoms with Crippen LogP contribution in [-0.2, 0) is 17.8 Å². The van der Waals surface area contributed by atoms with Crippen molar-refractivity contribution in [2.75, 3.05) is 19.4 Å². The van der Waals surface area contributed by atoms with E-state index in [1.54, 1.807) is 6.07 Å². The van der Waals surface area contributed by atoms with Gasteiger partial charge in [-0.25, -0.2) is 0 Å². The predicted octanol–water partition coefficient (Wildman–Crippen LogP) is 3.83. The number of nitrogens with one attached hydrogen (secondary N) is 1. The monoisotopic (exact) mass is 352 g/mol. The lowest BCUT2D eigenvalue weighted by Gasteiger charge is -2.12. The first-order chi connectivity index (χ1) is 11.7. The maximum absolute atomic E-state index is 12.1. The van der Waals surface area contributed by atoms with E-state index in [-0.39, 0.29) is 18.1 Å². The lowest BCUT2D eigenvalue weighted by molar-refractivity contribution is -0.274. The van der Waals surface area contributed by atoms with Gasteiger partial charge in [-0.05, 0) is 49.5 Å². The zero-order valence-electron chi connectivity index (χ0n) is 13.9. The molecule has 0 radical (unpaired) electrons. The lowest BCUT2D eigenvalue weighted by atomic mass is 10.1. The van der Waals surface area contributed by atoms with Crippen LogP contribution in [0.4, 0.5) is 18.9 Å². The molecule has 0 aliphatic carbocycles. The average Bonchev–Trinajstić information content (AvgIpc) is 2.47. The van der Waals surface area contributed by atoms with Crippen molar-refractivity contribution in [3.05, 3.63) is 59.7 Å². The van der Waals surface area contributed by atoms with Gasteiger partial charge in [0.05, 0.1) is 6.42 Å². The van der Waals surface area contributed by atoms with Gasteiger partial charge in [0.1, 0.15) is 5.75 Å². The lowest BCUT2D eigenvalue weighted by Crippen LogP contribution is -2.17. The molecule has 0 fully saturated rings. The zero-order valence-corrected chi connectivity index (χ0v) is 13.9. The third-order valence-electron chi connectivity index (χ3n) is 3.23. The van der Waals surface area contributed by atoms with Crippen molar-refractivity contribution < 1.29 is 22.7 Å². The summed E-state index contributed by atoms with van der Waals surface area (Å²) in [6, 6.07) is 12.7. The van der Waals surface area contributed by atoms with Gasteiger partial charge in [-0.3, -0.25) is 4.79 Å². The zero-order chi connectivity index (χ0) is 18.4. The van der Waals surface area contributed by atoms with Crippen molar-refractivity contribution in [2.45, 2.75) is 19.3 Å². The number of alkyl halides is 3. The summed E-state index contributed by atoms with van der Waals surface area (Å²) in [5.41, 5.74) is 2.34. The molecule has 2 rings (SSSR count). The van der Waals surface area contributed by atoms with E-state index in [1.807, 2.05) is 37.2 Å². The van der Waals surface area contributed by atoms with E-state index in [1.165, 1.54) is 24.3 Å². The molecule has 7 heteroatoms. The number of hydrogen-bond donors (Lipinski definition) is 1. The Morgan fingerprint density at radius 3 is 2.36 bits per heavy atom. The van der Waals surface area contributed by atoms with Crippen LogP contribution in [0.1, 0.15) is 11.1 Å². The van der Waals surface area contributed by atoms with E-state index < -0.39 is 6.36 Å². The van der Waals surface area contributed by atoms with Crippen molar-refractivity contribution in [1.82, 2.24) is 4.90 Å². The van der Waals surface area contributed by atoms with Crippen LogP contribution in [-0.4, -0.2) is 31.3 Å². The number of anilines is 1. The summed E-state index contributed by atoms with van der Waals surface area (Å²) in [6.45, 7) is 0.754. The summed E-state index contributed by atoms with van der Waals surface area (Å²) >= 11 is 0. The van der Waals surface area contributed by atoms with Gasteiger partial charge in [0.25, 0.3) is 0 Å². The smallest absolute Gasteiger partial charge is 0.406 e. The summed E-state index contributed by atoms with van der Waals surface area (Å²) in [6.07, 6.45) is -4.67. The molecule has 0 bridgehead atoms. The molecule has 0 saturated carbocycles. The molecule has 134 valence electrons. The maximum atomic E-state index is 12.1. The van der Waals surface area contributed by atoms with Crippen molar-refractivity contribution in [3.8, 4) is 5.75 Å². The fourth-order valence-electron chi connectivity index (χ4n) is 2.31. The highest BCUT2D eigenvalue weighted by atomic mass is 19.4. The minimum Gasteiger partial charge on any atom is -0.406 e. The molecule has 2 aromatic rings. The van der Waals surface area contributed by atoms with E-state index in [0.717, 1.165) is 12.1 Å². The van der Waals surface area contributed by atoms with Crippen LogP contribution in [0.5, 0.6) is 5.75 Å². The Morgan fingerprint density at radius 2 is 1.76 bits per heavy atom. The summed E-state index contributed by atoms with van der Waals surface area (Å²) in [5, 5.41) is 2.79. The molecule has 0 atom stereocenters. The van der Waals surface area contributed by atoms with Crippen LogP contribution in [0.3, 0.4) is 0 Å². The number of hydrogen-bond acceptors (Lipinski definition) is 3. The van der Waals surface area contributed by atoms with E-state index in [2.05, 4.69) is 10.1 Å². The summed E-state index contributed by atoms with van der Waals surface area (Å²) < 4.78 is 40.1. The number of amides is 1. The summed E-state index contributed by atoms with van der Waals surface area (Å²) in [4.78, 5) is 14.1. The van der Waals surface area contributed by atoms with E-state index in [4.69, 9.17) is 0 Å². The van der Waals surface area contributed by atoms with E-state index in [0.29, 0.717) is 11.3 Å². The van der Waals surface area contributed by atoms with Crippen LogP contribution in [0.15, 0.2) is 48.5 Å². The molecule has 1 amide bonds. The number of rotatable bonds is 6. The Bertz CT molecular complexity index is 713. The van der Waals surface area contributed by atoms with Crippen molar-refractivity contribution in [3.63, 3.8) is 0 Å². The highest BCUT2D eigenvalue weighted by molar-refractivity contribution is 5.92. The van der Waals surface area contributed by atoms with Crippen molar-refractivity contribution in [2.24, 2.45) is 0 Å². The van der Waals surface area contributed by atoms with Gasteiger partial charge in [-0.15, -0.1) is 13.2 Å². The van der Waals surface area contributed by atoms with Gasteiger partial charge in [0.15, 0.2) is 0 Å². The second-order valence-corrected chi connectivity index (χ2v) is 5.85. The molecule has 0 saturated heterocycles. The number of ether oxygens (including phenoxy) is 1. The Labute approximate surface area is 144 Å². The largest absolute Gasteiger partial charge is 0.573 e. The van der Waals surface area contributed by atoms with Crippen molar-refractivity contribution >= 4 is 11.6 Å². The third-order valence-corrected chi connectivity index (χ3v) is 3.23. The SMILES string of the molecule is CN(C)Cc1cccc(NC(=O)Cc2ccc(OC(F)(F)F)cc2)c1. The normalized spacial score (nSPS) is 11.4. The summed E-state index contributed by atoms with van der Waals surface area (Å²) in [7, 11) is 3.91. The topological polar surface area (TPSA) is 41.6 Å². The van der Waals surface area contributed by atoms with Crippen molar-refractivity contribution in [1.29, 1.82) is 0 Å². The van der Waals surface area contributed by atoms with E-state index in [9.17, 15) is 18.0 Å². The van der Waals surface area contributed by atoms with Gasteiger partial charge in [0.2, 0.25) is 5.91 Å². The highest BCUT2D eigenvalue weighted by Gasteiger charge is 2.30. The first kappa shape index (κ1) is 18.8. The number of halogens is 3. The van der Waals surface area contributed by atoms with E-state index >= 15 is 0 Å². The molecule has 1 N–H and O–H groups in total. The third kappa shape index (κ3) is 6.84. The minimum absolute atomic E-state index is 0.0597. The highest BCUT2D eigenvalue weighted by Crippen LogP contribution is 2.23. The molecule has 0 unspecified atom stereocenters. The van der Waals surface area contributed by atoms with Crippen LogP contribution in [0.2, 0.25) is 0 Å². The molecule has 0 heterocycles. The Balaban J connectivity index is 1.94. The van der Waals surface area contributed by atoms with Gasteiger partial charge < -0.3 is 15.0 Å². The molecule has 0 aliphatic rings. The molecular weight excluding hydrogens is 333 g/mol. The summed E-state index contributed by atoms with van der Waals surface area (Å²) in [5.74, 6) is -0.556. The molecular formula is C18H19F3N2O2. The molecule has 4 nitrogen and oxygen atoms in total. The van der Waals surface area contributed by atoms with Crippen LogP contribution >= 0.6 is 0 Å². The molecule has 2 aromatic carbocycles. The number of carbonyl (C=O) groups excluding carboxylic acids is 1. The average molecular weight is 352 g/mol. The van der Waals surface area contributed by atoms with Gasteiger partial charge in [-0.1, -0.05) is 24.3 Å². The molecule has 0 aromatic heterocycles. The van der Waals surface area contributed by atoms with Crippen LogP contribution in [0, 0.1) is 0 Å². The number of carbonyl (C=O) groups is 1. The minimum atomic E-state index is -4.73. The first-order valence-corrected chi connectivity index (χ1v) is 7.59. The molecule has 0 aliphatic heterocycles. The maximum Gasteiger partial charge on any atom is 0.573 e. The van der Waals surface area contributed by atoms with Gasteiger partial charge in [-0.2, -0.15) is 0 Å². The quantitative estimate of drug-likeness (QED) is 0.859. The predicted molar refractivity (Wildman–Crippen MR) is 89.3 cm³/mol. The Morgan fingerprint density at radius 1 is 1.08 bits per heavy atom. The standard InChI is InChI=1S/C18H19F3N2O2/c1-23(2)12-14-4-3-5-15(10-14)22-17(24)11-13-6-8-16(9-7-13)25-18(19,20)21/h3-10H,11-12H2,1-2H3,(H,22,24). The second-order valence-electron chi connectivity index (χ2n) is 5.85. The molecule has 25 heavy (non-hydrogen) atoms. The first-order valence-electron chi connectivity index (χ1n) is 7.59. The second kappa shape index (κ2) is 8.02.